The smallest absolute Gasteiger partial charge is 0.341 e. The Hall–Kier alpha value is -2.50. The Morgan fingerprint density at radius 2 is 1.92 bits per heavy atom. The number of carboxylic acid groups (broad SMARTS) is 1. The van der Waals surface area contributed by atoms with Crippen LogP contribution in [0.5, 0.6) is 11.5 Å². The summed E-state index contributed by atoms with van der Waals surface area (Å²) in [5, 5.41) is 8.86. The van der Waals surface area contributed by atoms with Crippen LogP contribution in [0.4, 0.5) is 0 Å². The van der Waals surface area contributed by atoms with E-state index in [1.54, 1.807) is 6.08 Å². The summed E-state index contributed by atoms with van der Waals surface area (Å²) in [5.41, 5.74) is 3.09. The SMILES string of the molecule is COC(=O)/C=C/C1(C)CCc2c(C)c(OCC(=O)O)c(C)c(C)c2O1. The van der Waals surface area contributed by atoms with Crippen LogP contribution >= 0.6 is 0 Å². The van der Waals surface area contributed by atoms with Crippen LogP contribution in [0.3, 0.4) is 0 Å². The molecule has 6 nitrogen and oxygen atoms in total. The molecule has 1 heterocycles. The highest BCUT2D eigenvalue weighted by Crippen LogP contribution is 2.44. The molecule has 6 heteroatoms. The van der Waals surface area contributed by atoms with Gasteiger partial charge in [-0.05, 0) is 63.3 Å². The summed E-state index contributed by atoms with van der Waals surface area (Å²) in [6.07, 6.45) is 4.54. The lowest BCUT2D eigenvalue weighted by Crippen LogP contribution is -2.35. The standard InChI is InChI=1S/C19H24O6/c1-11-12(2)18-14(13(3)17(11)24-10-15(20)21)6-8-19(4,25-18)9-7-16(22)23-5/h7,9H,6,8,10H2,1-5H3,(H,20,21)/b9-7+. The van der Waals surface area contributed by atoms with E-state index in [0.717, 1.165) is 34.4 Å². The van der Waals surface area contributed by atoms with Gasteiger partial charge < -0.3 is 19.3 Å². The van der Waals surface area contributed by atoms with Crippen molar-refractivity contribution in [1.82, 2.24) is 0 Å². The molecule has 1 aromatic rings. The first-order chi connectivity index (χ1) is 11.7. The number of fused-ring (bicyclic) bond motifs is 1. The molecule has 0 saturated heterocycles. The number of methoxy groups -OCH3 is 1. The van der Waals surface area contributed by atoms with Crippen LogP contribution in [-0.2, 0) is 20.7 Å². The van der Waals surface area contributed by atoms with Gasteiger partial charge in [0.1, 0.15) is 17.1 Å². The van der Waals surface area contributed by atoms with Gasteiger partial charge in [-0.15, -0.1) is 0 Å². The van der Waals surface area contributed by atoms with Crippen molar-refractivity contribution < 1.29 is 28.9 Å². The molecule has 1 N–H and O–H groups in total. The van der Waals surface area contributed by atoms with E-state index in [1.807, 2.05) is 27.7 Å². The van der Waals surface area contributed by atoms with Gasteiger partial charge in [-0.1, -0.05) is 0 Å². The first-order valence-corrected chi connectivity index (χ1v) is 8.12. The Morgan fingerprint density at radius 3 is 2.52 bits per heavy atom. The highest BCUT2D eigenvalue weighted by molar-refractivity contribution is 5.82. The van der Waals surface area contributed by atoms with Crippen molar-refractivity contribution in [3.63, 3.8) is 0 Å². The fourth-order valence-electron chi connectivity index (χ4n) is 3.03. The predicted octanol–water partition coefficient (Wildman–Crippen LogP) is 2.89. The van der Waals surface area contributed by atoms with Crippen molar-refractivity contribution in [2.45, 2.75) is 46.1 Å². The second kappa shape index (κ2) is 7.17. The molecule has 1 aliphatic heterocycles. The molecule has 1 aliphatic rings. The largest absolute Gasteiger partial charge is 0.483 e. The maximum Gasteiger partial charge on any atom is 0.341 e. The highest BCUT2D eigenvalue weighted by atomic mass is 16.5. The zero-order chi connectivity index (χ0) is 18.8. The third-order valence-corrected chi connectivity index (χ3v) is 4.63. The molecular weight excluding hydrogens is 324 g/mol. The normalized spacial score (nSPS) is 19.2. The van der Waals surface area contributed by atoms with Crippen molar-refractivity contribution >= 4 is 11.9 Å². The van der Waals surface area contributed by atoms with Gasteiger partial charge in [0.05, 0.1) is 7.11 Å². The van der Waals surface area contributed by atoms with Gasteiger partial charge in [0, 0.05) is 11.6 Å². The molecule has 0 saturated carbocycles. The minimum Gasteiger partial charge on any atom is -0.483 e. The second-order valence-electron chi connectivity index (χ2n) is 6.47. The highest BCUT2D eigenvalue weighted by Gasteiger charge is 2.33. The number of rotatable bonds is 5. The number of carbonyl (C=O) groups is 2. The third-order valence-electron chi connectivity index (χ3n) is 4.63. The Labute approximate surface area is 147 Å². The molecule has 136 valence electrons. The van der Waals surface area contributed by atoms with Crippen LogP contribution in [0.15, 0.2) is 12.2 Å². The molecular formula is C19H24O6. The number of esters is 1. The average Bonchev–Trinajstić information content (AvgIpc) is 2.57. The van der Waals surface area contributed by atoms with Crippen LogP contribution in [0, 0.1) is 20.8 Å². The lowest BCUT2D eigenvalue weighted by Gasteiger charge is -2.36. The molecule has 0 fully saturated rings. The summed E-state index contributed by atoms with van der Waals surface area (Å²) < 4.78 is 16.3. The van der Waals surface area contributed by atoms with E-state index in [9.17, 15) is 9.59 Å². The summed E-state index contributed by atoms with van der Waals surface area (Å²) in [4.78, 5) is 22.2. The molecule has 0 radical (unpaired) electrons. The summed E-state index contributed by atoms with van der Waals surface area (Å²) in [7, 11) is 1.33. The maximum absolute atomic E-state index is 11.4. The summed E-state index contributed by atoms with van der Waals surface area (Å²) >= 11 is 0. The van der Waals surface area contributed by atoms with Crippen molar-refractivity contribution in [2.75, 3.05) is 13.7 Å². The number of ether oxygens (including phenoxy) is 3. The topological polar surface area (TPSA) is 82.1 Å². The third kappa shape index (κ3) is 3.95. The number of carbonyl (C=O) groups excluding carboxylic acids is 1. The number of benzene rings is 1. The summed E-state index contributed by atoms with van der Waals surface area (Å²) in [5.74, 6) is -0.0417. The molecule has 0 spiro atoms. The van der Waals surface area contributed by atoms with Gasteiger partial charge in [-0.3, -0.25) is 0 Å². The van der Waals surface area contributed by atoms with Crippen molar-refractivity contribution in [3.05, 3.63) is 34.4 Å². The summed E-state index contributed by atoms with van der Waals surface area (Å²) in [6.45, 7) is 7.28. The second-order valence-corrected chi connectivity index (χ2v) is 6.47. The quantitative estimate of drug-likeness (QED) is 0.651. The Balaban J connectivity index is 2.39. The molecule has 0 amide bonds. The van der Waals surface area contributed by atoms with Crippen LogP contribution in [0.1, 0.15) is 35.6 Å². The van der Waals surface area contributed by atoms with E-state index in [2.05, 4.69) is 4.74 Å². The zero-order valence-electron chi connectivity index (χ0n) is 15.3. The monoisotopic (exact) mass is 348 g/mol. The van der Waals surface area contributed by atoms with Crippen molar-refractivity contribution in [2.24, 2.45) is 0 Å². The molecule has 0 aromatic heterocycles. The van der Waals surface area contributed by atoms with Crippen LogP contribution in [0.25, 0.3) is 0 Å². The fraction of sp³-hybridized carbons (Fsp3) is 0.474. The number of aliphatic carboxylic acids is 1. The van der Waals surface area contributed by atoms with Crippen molar-refractivity contribution in [3.8, 4) is 11.5 Å². The lowest BCUT2D eigenvalue weighted by molar-refractivity contribution is -0.139. The zero-order valence-corrected chi connectivity index (χ0v) is 15.3. The lowest BCUT2D eigenvalue weighted by atomic mass is 9.87. The maximum atomic E-state index is 11.4. The van der Waals surface area contributed by atoms with Gasteiger partial charge in [0.2, 0.25) is 0 Å². The van der Waals surface area contributed by atoms with E-state index >= 15 is 0 Å². The molecule has 1 unspecified atom stereocenters. The van der Waals surface area contributed by atoms with E-state index in [4.69, 9.17) is 14.6 Å². The fourth-order valence-corrected chi connectivity index (χ4v) is 3.03. The van der Waals surface area contributed by atoms with Crippen LogP contribution in [-0.4, -0.2) is 36.4 Å². The minimum atomic E-state index is -1.01. The average molecular weight is 348 g/mol. The molecule has 0 bridgehead atoms. The van der Waals surface area contributed by atoms with Crippen LogP contribution in [0.2, 0.25) is 0 Å². The van der Waals surface area contributed by atoms with Gasteiger partial charge in [-0.2, -0.15) is 0 Å². The van der Waals surface area contributed by atoms with E-state index in [-0.39, 0.29) is 6.61 Å². The summed E-state index contributed by atoms with van der Waals surface area (Å²) in [6, 6.07) is 0. The minimum absolute atomic E-state index is 0.375. The van der Waals surface area contributed by atoms with Crippen molar-refractivity contribution in [1.29, 1.82) is 0 Å². The Bertz CT molecular complexity index is 734. The van der Waals surface area contributed by atoms with Gasteiger partial charge in [-0.25, -0.2) is 9.59 Å². The molecule has 1 atom stereocenters. The molecule has 0 aliphatic carbocycles. The first-order valence-electron chi connectivity index (χ1n) is 8.12. The number of hydrogen-bond acceptors (Lipinski definition) is 5. The Kier molecular flexibility index (Phi) is 5.40. The van der Waals surface area contributed by atoms with E-state index in [1.165, 1.54) is 13.2 Å². The molecule has 25 heavy (non-hydrogen) atoms. The van der Waals surface area contributed by atoms with Crippen LogP contribution < -0.4 is 9.47 Å². The van der Waals surface area contributed by atoms with Gasteiger partial charge >= 0.3 is 11.9 Å². The molecule has 2 rings (SSSR count). The number of carboxylic acids is 1. The van der Waals surface area contributed by atoms with E-state index in [0.29, 0.717) is 12.2 Å². The predicted molar refractivity (Wildman–Crippen MR) is 92.3 cm³/mol. The van der Waals surface area contributed by atoms with Gasteiger partial charge in [0.15, 0.2) is 6.61 Å². The Morgan fingerprint density at radius 1 is 1.24 bits per heavy atom. The van der Waals surface area contributed by atoms with E-state index < -0.39 is 17.5 Å². The first kappa shape index (κ1) is 18.8. The number of hydrogen-bond donors (Lipinski definition) is 1. The molecule has 1 aromatic carbocycles. The van der Waals surface area contributed by atoms with Gasteiger partial charge in [0.25, 0.3) is 0 Å².